The van der Waals surface area contributed by atoms with E-state index in [1.165, 1.54) is 16.7 Å². The average molecular weight is 352 g/mol. The standard InChI is InChI=1S/C19H17N3S2/c1-12-7-8-16-17(9-12)22-19(21-16)24-11-14-10-23-18(20-14)15-6-4-3-5-13(15)2/h3-10H,11H2,1-2H3,(H,21,22). The molecule has 2 aromatic heterocycles. The van der Waals surface area contributed by atoms with Crippen molar-refractivity contribution < 1.29 is 0 Å². The minimum absolute atomic E-state index is 0.821. The molecule has 120 valence electrons. The summed E-state index contributed by atoms with van der Waals surface area (Å²) in [6, 6.07) is 14.7. The molecule has 4 rings (SSSR count). The molecule has 0 spiro atoms. The van der Waals surface area contributed by atoms with E-state index >= 15 is 0 Å². The first kappa shape index (κ1) is 15.4. The Labute approximate surface area is 149 Å². The van der Waals surface area contributed by atoms with E-state index in [-0.39, 0.29) is 0 Å². The van der Waals surface area contributed by atoms with Crippen LogP contribution in [0.15, 0.2) is 53.0 Å². The zero-order chi connectivity index (χ0) is 16.5. The molecule has 3 nitrogen and oxygen atoms in total. The Balaban J connectivity index is 1.50. The van der Waals surface area contributed by atoms with Crippen LogP contribution >= 0.6 is 23.1 Å². The van der Waals surface area contributed by atoms with E-state index in [4.69, 9.17) is 4.98 Å². The molecule has 24 heavy (non-hydrogen) atoms. The second-order valence-corrected chi connectivity index (χ2v) is 7.63. The van der Waals surface area contributed by atoms with Gasteiger partial charge < -0.3 is 4.98 Å². The summed E-state index contributed by atoms with van der Waals surface area (Å²) >= 11 is 3.40. The highest BCUT2D eigenvalue weighted by molar-refractivity contribution is 7.98. The second-order valence-electron chi connectivity index (χ2n) is 5.81. The van der Waals surface area contributed by atoms with E-state index < -0.39 is 0 Å². The molecule has 0 saturated heterocycles. The molecule has 2 aromatic carbocycles. The van der Waals surface area contributed by atoms with Crippen molar-refractivity contribution in [3.8, 4) is 10.6 Å². The van der Waals surface area contributed by atoms with Crippen molar-refractivity contribution in [3.63, 3.8) is 0 Å². The van der Waals surface area contributed by atoms with Crippen LogP contribution in [0.2, 0.25) is 0 Å². The van der Waals surface area contributed by atoms with Crippen LogP contribution in [0, 0.1) is 13.8 Å². The number of aryl methyl sites for hydroxylation is 2. The van der Waals surface area contributed by atoms with Crippen LogP contribution in [0.25, 0.3) is 21.6 Å². The minimum Gasteiger partial charge on any atom is -0.333 e. The van der Waals surface area contributed by atoms with Gasteiger partial charge in [-0.2, -0.15) is 0 Å². The van der Waals surface area contributed by atoms with Crippen LogP contribution in [0.3, 0.4) is 0 Å². The van der Waals surface area contributed by atoms with Crippen molar-refractivity contribution in [3.05, 3.63) is 64.7 Å². The summed E-state index contributed by atoms with van der Waals surface area (Å²) in [5, 5.41) is 4.17. The van der Waals surface area contributed by atoms with Crippen molar-refractivity contribution in [1.82, 2.24) is 15.0 Å². The third kappa shape index (κ3) is 3.09. The number of hydrogen-bond donors (Lipinski definition) is 1. The van der Waals surface area contributed by atoms with E-state index in [1.807, 2.05) is 0 Å². The predicted molar refractivity (Wildman–Crippen MR) is 103 cm³/mol. The maximum atomic E-state index is 4.78. The number of hydrogen-bond acceptors (Lipinski definition) is 4. The van der Waals surface area contributed by atoms with Gasteiger partial charge >= 0.3 is 0 Å². The first-order chi connectivity index (χ1) is 11.7. The number of rotatable bonds is 4. The molecule has 0 saturated carbocycles. The van der Waals surface area contributed by atoms with Crippen LogP contribution in [0.1, 0.15) is 16.8 Å². The van der Waals surface area contributed by atoms with Gasteiger partial charge in [-0.05, 0) is 37.1 Å². The predicted octanol–water partition coefficient (Wildman–Crippen LogP) is 5.60. The molecule has 0 fully saturated rings. The molecule has 0 bridgehead atoms. The van der Waals surface area contributed by atoms with E-state index in [2.05, 4.69) is 71.7 Å². The maximum Gasteiger partial charge on any atom is 0.166 e. The molecule has 5 heteroatoms. The number of nitrogens with zero attached hydrogens (tertiary/aromatic N) is 2. The monoisotopic (exact) mass is 351 g/mol. The Bertz CT molecular complexity index is 1000. The summed E-state index contributed by atoms with van der Waals surface area (Å²) in [4.78, 5) is 12.8. The molecule has 4 aromatic rings. The molecule has 0 aliphatic carbocycles. The fourth-order valence-corrected chi connectivity index (χ4v) is 4.41. The second kappa shape index (κ2) is 6.42. The van der Waals surface area contributed by atoms with Gasteiger partial charge in [-0.15, -0.1) is 11.3 Å². The lowest BCUT2D eigenvalue weighted by atomic mass is 10.1. The lowest BCUT2D eigenvalue weighted by Crippen LogP contribution is -1.85. The number of nitrogens with one attached hydrogen (secondary N) is 1. The van der Waals surface area contributed by atoms with Crippen molar-refractivity contribution in [2.75, 3.05) is 0 Å². The van der Waals surface area contributed by atoms with Crippen LogP contribution in [0.5, 0.6) is 0 Å². The van der Waals surface area contributed by atoms with Gasteiger partial charge in [0, 0.05) is 16.7 Å². The third-order valence-corrected chi connectivity index (χ3v) is 5.73. The Morgan fingerprint density at radius 2 is 1.96 bits per heavy atom. The maximum absolute atomic E-state index is 4.78. The highest BCUT2D eigenvalue weighted by Gasteiger charge is 2.09. The van der Waals surface area contributed by atoms with E-state index in [1.54, 1.807) is 23.1 Å². The summed E-state index contributed by atoms with van der Waals surface area (Å²) in [5.74, 6) is 0.821. The highest BCUT2D eigenvalue weighted by Crippen LogP contribution is 2.29. The van der Waals surface area contributed by atoms with Gasteiger partial charge in [-0.25, -0.2) is 9.97 Å². The number of benzene rings is 2. The Hall–Kier alpha value is -2.11. The summed E-state index contributed by atoms with van der Waals surface area (Å²) in [5.41, 5.74) is 6.93. The van der Waals surface area contributed by atoms with Gasteiger partial charge in [-0.3, -0.25) is 0 Å². The zero-order valence-electron chi connectivity index (χ0n) is 13.5. The zero-order valence-corrected chi connectivity index (χ0v) is 15.2. The van der Waals surface area contributed by atoms with Crippen LogP contribution in [-0.4, -0.2) is 15.0 Å². The molecule has 1 N–H and O–H groups in total. The Morgan fingerprint density at radius 1 is 1.08 bits per heavy atom. The average Bonchev–Trinajstić information content (AvgIpc) is 3.19. The summed E-state index contributed by atoms with van der Waals surface area (Å²) in [6.45, 7) is 4.22. The number of H-pyrrole nitrogens is 1. The molecular formula is C19H17N3S2. The largest absolute Gasteiger partial charge is 0.333 e. The van der Waals surface area contributed by atoms with Gasteiger partial charge in [-0.1, -0.05) is 42.1 Å². The van der Waals surface area contributed by atoms with Gasteiger partial charge in [0.25, 0.3) is 0 Å². The first-order valence-corrected chi connectivity index (χ1v) is 9.65. The summed E-state index contributed by atoms with van der Waals surface area (Å²) in [6.07, 6.45) is 0. The number of thioether (sulfide) groups is 1. The van der Waals surface area contributed by atoms with Crippen molar-refractivity contribution in [1.29, 1.82) is 0 Å². The molecule has 0 amide bonds. The molecular weight excluding hydrogens is 334 g/mol. The van der Waals surface area contributed by atoms with Crippen LogP contribution < -0.4 is 0 Å². The molecule has 0 atom stereocenters. The number of imidazole rings is 1. The fraction of sp³-hybridized carbons (Fsp3) is 0.158. The molecule has 2 heterocycles. The number of thiazole rings is 1. The molecule has 0 aliphatic heterocycles. The normalized spacial score (nSPS) is 11.2. The quantitative estimate of drug-likeness (QED) is 0.487. The van der Waals surface area contributed by atoms with Crippen molar-refractivity contribution in [2.45, 2.75) is 24.8 Å². The van der Waals surface area contributed by atoms with E-state index in [0.29, 0.717) is 0 Å². The van der Waals surface area contributed by atoms with E-state index in [9.17, 15) is 0 Å². The smallest absolute Gasteiger partial charge is 0.166 e. The molecule has 0 radical (unpaired) electrons. The van der Waals surface area contributed by atoms with Gasteiger partial charge in [0.1, 0.15) is 5.01 Å². The number of aromatic amines is 1. The fourth-order valence-electron chi connectivity index (χ4n) is 2.62. The van der Waals surface area contributed by atoms with E-state index in [0.717, 1.165) is 32.6 Å². The lowest BCUT2D eigenvalue weighted by Gasteiger charge is -2.00. The van der Waals surface area contributed by atoms with Gasteiger partial charge in [0.05, 0.1) is 16.7 Å². The van der Waals surface area contributed by atoms with Gasteiger partial charge in [0.2, 0.25) is 0 Å². The summed E-state index contributed by atoms with van der Waals surface area (Å²) in [7, 11) is 0. The van der Waals surface area contributed by atoms with Crippen molar-refractivity contribution in [2.24, 2.45) is 0 Å². The Morgan fingerprint density at radius 3 is 2.83 bits per heavy atom. The lowest BCUT2D eigenvalue weighted by molar-refractivity contribution is 1.07. The Kier molecular flexibility index (Phi) is 4.12. The highest BCUT2D eigenvalue weighted by atomic mass is 32.2. The molecule has 0 unspecified atom stereocenters. The topological polar surface area (TPSA) is 41.6 Å². The van der Waals surface area contributed by atoms with Crippen molar-refractivity contribution >= 4 is 34.1 Å². The third-order valence-electron chi connectivity index (χ3n) is 3.90. The first-order valence-electron chi connectivity index (χ1n) is 7.78. The minimum atomic E-state index is 0.821. The summed E-state index contributed by atoms with van der Waals surface area (Å²) < 4.78 is 0. The number of fused-ring (bicyclic) bond motifs is 1. The molecule has 0 aliphatic rings. The SMILES string of the molecule is Cc1ccc2nc(SCc3csc(-c4ccccc4C)n3)[nH]c2c1. The number of aromatic nitrogens is 3. The van der Waals surface area contributed by atoms with Gasteiger partial charge in [0.15, 0.2) is 5.16 Å². The van der Waals surface area contributed by atoms with Crippen LogP contribution in [0.4, 0.5) is 0 Å². The van der Waals surface area contributed by atoms with Crippen LogP contribution in [-0.2, 0) is 5.75 Å².